The van der Waals surface area contributed by atoms with Crippen LogP contribution in [0.25, 0.3) is 0 Å². The van der Waals surface area contributed by atoms with E-state index in [-0.39, 0.29) is 11.9 Å². The van der Waals surface area contributed by atoms with Crippen LogP contribution in [0.1, 0.15) is 25.7 Å². The minimum Gasteiger partial charge on any atom is -0.310 e. The summed E-state index contributed by atoms with van der Waals surface area (Å²) < 4.78 is 0. The van der Waals surface area contributed by atoms with Gasteiger partial charge in [0.2, 0.25) is 5.91 Å². The van der Waals surface area contributed by atoms with E-state index < -0.39 is 0 Å². The van der Waals surface area contributed by atoms with Crippen LogP contribution in [0.5, 0.6) is 0 Å². The van der Waals surface area contributed by atoms with Gasteiger partial charge in [0, 0.05) is 26.2 Å². The summed E-state index contributed by atoms with van der Waals surface area (Å²) in [5.41, 5.74) is 0.858. The lowest BCUT2D eigenvalue weighted by Gasteiger charge is -2.25. The second-order valence-corrected chi connectivity index (χ2v) is 8.47. The normalized spacial score (nSPS) is 27.6. The highest BCUT2D eigenvalue weighted by Gasteiger charge is 2.40. The molecular weight excluding hydrogens is 334 g/mol. The highest BCUT2D eigenvalue weighted by Crippen LogP contribution is 2.33. The number of carbonyl (C=O) groups excluding carboxylic acids is 1. The minimum atomic E-state index is 0.0370. The van der Waals surface area contributed by atoms with Gasteiger partial charge in [-0.25, -0.2) is 0 Å². The molecule has 1 aromatic rings. The number of amides is 1. The fourth-order valence-corrected chi connectivity index (χ4v) is 4.70. The van der Waals surface area contributed by atoms with Gasteiger partial charge in [-0.05, 0) is 63.2 Å². The third-order valence-electron chi connectivity index (χ3n) is 5.92. The van der Waals surface area contributed by atoms with Gasteiger partial charge in [-0.2, -0.15) is 0 Å². The van der Waals surface area contributed by atoms with E-state index in [2.05, 4.69) is 16.8 Å². The molecule has 0 spiro atoms. The second kappa shape index (κ2) is 7.26. The molecule has 136 valence electrons. The van der Waals surface area contributed by atoms with Crippen molar-refractivity contribution in [1.29, 1.82) is 0 Å². The van der Waals surface area contributed by atoms with Crippen LogP contribution in [-0.4, -0.2) is 61.5 Å². The van der Waals surface area contributed by atoms with Crippen LogP contribution in [-0.2, 0) is 4.79 Å². The van der Waals surface area contributed by atoms with E-state index in [4.69, 9.17) is 11.6 Å². The Hall–Kier alpha value is -1.10. The average Bonchev–Trinajstić information content (AvgIpc) is 3.14. The zero-order chi connectivity index (χ0) is 17.4. The van der Waals surface area contributed by atoms with Crippen molar-refractivity contribution in [1.82, 2.24) is 9.80 Å². The number of anilines is 1. The van der Waals surface area contributed by atoms with Crippen molar-refractivity contribution in [3.63, 3.8) is 0 Å². The summed E-state index contributed by atoms with van der Waals surface area (Å²) in [6.07, 6.45) is 4.95. The van der Waals surface area contributed by atoms with Crippen LogP contribution in [0.4, 0.5) is 5.69 Å². The summed E-state index contributed by atoms with van der Waals surface area (Å²) in [4.78, 5) is 19.7. The first-order chi connectivity index (χ1) is 12.1. The molecule has 1 saturated carbocycles. The summed E-state index contributed by atoms with van der Waals surface area (Å²) in [7, 11) is 2.25. The van der Waals surface area contributed by atoms with E-state index in [1.807, 2.05) is 29.2 Å². The van der Waals surface area contributed by atoms with Gasteiger partial charge in [0.05, 0.1) is 16.8 Å². The summed E-state index contributed by atoms with van der Waals surface area (Å²) >= 11 is 6.29. The van der Waals surface area contributed by atoms with Crippen molar-refractivity contribution < 1.29 is 4.79 Å². The van der Waals surface area contributed by atoms with Crippen molar-refractivity contribution in [2.24, 2.45) is 11.8 Å². The zero-order valence-corrected chi connectivity index (χ0v) is 15.8. The van der Waals surface area contributed by atoms with Crippen LogP contribution in [0.2, 0.25) is 5.02 Å². The first kappa shape index (κ1) is 17.3. The lowest BCUT2D eigenvalue weighted by Crippen LogP contribution is -2.41. The summed E-state index contributed by atoms with van der Waals surface area (Å²) in [6.45, 7) is 5.30. The highest BCUT2D eigenvalue weighted by molar-refractivity contribution is 6.33. The van der Waals surface area contributed by atoms with E-state index >= 15 is 0 Å². The maximum Gasteiger partial charge on any atom is 0.244 e. The number of carbonyl (C=O) groups is 1. The predicted molar refractivity (Wildman–Crippen MR) is 102 cm³/mol. The van der Waals surface area contributed by atoms with Crippen molar-refractivity contribution in [3.05, 3.63) is 29.3 Å². The molecule has 2 heterocycles. The number of halogens is 1. The number of nitrogens with zero attached hydrogens (tertiary/aromatic N) is 3. The molecule has 2 atom stereocenters. The molecule has 2 saturated heterocycles. The van der Waals surface area contributed by atoms with Crippen LogP contribution < -0.4 is 4.90 Å². The average molecular weight is 362 g/mol. The monoisotopic (exact) mass is 361 g/mol. The van der Waals surface area contributed by atoms with Crippen molar-refractivity contribution in [2.45, 2.75) is 31.7 Å². The summed E-state index contributed by atoms with van der Waals surface area (Å²) in [6, 6.07) is 7.70. The fourth-order valence-electron chi connectivity index (χ4n) is 4.46. The second-order valence-electron chi connectivity index (χ2n) is 8.06. The topological polar surface area (TPSA) is 26.8 Å². The Morgan fingerprint density at radius 2 is 1.84 bits per heavy atom. The van der Waals surface area contributed by atoms with Gasteiger partial charge in [-0.1, -0.05) is 23.7 Å². The Morgan fingerprint density at radius 3 is 2.60 bits per heavy atom. The Bertz CT molecular complexity index is 633. The van der Waals surface area contributed by atoms with E-state index in [0.717, 1.165) is 37.7 Å². The molecule has 0 bridgehead atoms. The lowest BCUT2D eigenvalue weighted by molar-refractivity contribution is -0.121. The molecular formula is C20H28ClN3O. The van der Waals surface area contributed by atoms with Gasteiger partial charge in [-0.3, -0.25) is 9.69 Å². The van der Waals surface area contributed by atoms with Gasteiger partial charge in [0.25, 0.3) is 0 Å². The summed E-state index contributed by atoms with van der Waals surface area (Å²) in [5, 5.41) is 0.664. The molecule has 1 aromatic carbocycles. The Kier molecular flexibility index (Phi) is 5.03. The lowest BCUT2D eigenvalue weighted by atomic mass is 10.1. The van der Waals surface area contributed by atoms with Crippen LogP contribution >= 0.6 is 11.6 Å². The number of hydrogen-bond donors (Lipinski definition) is 0. The maximum absolute atomic E-state index is 12.9. The molecule has 1 amide bonds. The highest BCUT2D eigenvalue weighted by atomic mass is 35.5. The van der Waals surface area contributed by atoms with Crippen molar-refractivity contribution in [2.75, 3.05) is 44.7 Å². The Labute approximate surface area is 155 Å². The Balaban J connectivity index is 1.33. The third-order valence-corrected chi connectivity index (χ3v) is 6.23. The number of rotatable bonds is 6. The first-order valence-electron chi connectivity index (χ1n) is 9.60. The van der Waals surface area contributed by atoms with Crippen molar-refractivity contribution in [3.8, 4) is 0 Å². The molecule has 0 N–H and O–H groups in total. The SMILES string of the molecule is CN(CC1CC1)C[C@H]1CCN([C@@H]2CCN(c3ccccc3Cl)C2=O)C1. The molecule has 2 aliphatic heterocycles. The molecule has 0 radical (unpaired) electrons. The number of likely N-dealkylation sites (tertiary alicyclic amines) is 1. The number of benzene rings is 1. The van der Waals surface area contributed by atoms with Crippen LogP contribution in [0.15, 0.2) is 24.3 Å². The molecule has 3 aliphatic rings. The Morgan fingerprint density at radius 1 is 1.08 bits per heavy atom. The van der Waals surface area contributed by atoms with Crippen LogP contribution in [0.3, 0.4) is 0 Å². The smallest absolute Gasteiger partial charge is 0.244 e. The number of hydrogen-bond acceptors (Lipinski definition) is 3. The molecule has 4 rings (SSSR count). The van der Waals surface area contributed by atoms with Gasteiger partial charge in [0.1, 0.15) is 0 Å². The summed E-state index contributed by atoms with van der Waals surface area (Å²) in [5.74, 6) is 1.87. The first-order valence-corrected chi connectivity index (χ1v) is 9.98. The van der Waals surface area contributed by atoms with Gasteiger partial charge < -0.3 is 9.80 Å². The quantitative estimate of drug-likeness (QED) is 0.779. The number of para-hydroxylation sites is 1. The molecule has 3 fully saturated rings. The third kappa shape index (κ3) is 3.86. The minimum absolute atomic E-state index is 0.0370. The molecule has 1 aliphatic carbocycles. The molecule has 4 nitrogen and oxygen atoms in total. The fraction of sp³-hybridized carbons (Fsp3) is 0.650. The predicted octanol–water partition coefficient (Wildman–Crippen LogP) is 3.11. The molecule has 0 aromatic heterocycles. The zero-order valence-electron chi connectivity index (χ0n) is 15.0. The van der Waals surface area contributed by atoms with Gasteiger partial charge in [0.15, 0.2) is 0 Å². The molecule has 5 heteroatoms. The standard InChI is InChI=1S/C20H28ClN3O/c1-22(12-15-6-7-15)13-16-8-10-23(14-16)19-9-11-24(20(19)25)18-5-3-2-4-17(18)21/h2-5,15-16,19H,6-14H2,1H3/t16-,19-/m1/s1. The van der Waals surface area contributed by atoms with E-state index in [9.17, 15) is 4.79 Å². The van der Waals surface area contributed by atoms with Gasteiger partial charge >= 0.3 is 0 Å². The largest absolute Gasteiger partial charge is 0.310 e. The van der Waals surface area contributed by atoms with E-state index in [1.54, 1.807) is 0 Å². The van der Waals surface area contributed by atoms with Gasteiger partial charge in [-0.15, -0.1) is 0 Å². The van der Waals surface area contributed by atoms with Crippen LogP contribution in [0, 0.1) is 11.8 Å². The molecule has 0 unspecified atom stereocenters. The molecule has 25 heavy (non-hydrogen) atoms. The van der Waals surface area contributed by atoms with E-state index in [1.165, 1.54) is 32.4 Å². The van der Waals surface area contributed by atoms with E-state index in [0.29, 0.717) is 10.9 Å². The van der Waals surface area contributed by atoms with Crippen molar-refractivity contribution >= 4 is 23.2 Å². The maximum atomic E-state index is 12.9.